The molecule has 0 aliphatic rings. The molecule has 0 radical (unpaired) electrons. The predicted octanol–water partition coefficient (Wildman–Crippen LogP) is 1.29. The van der Waals surface area contributed by atoms with E-state index in [1.807, 2.05) is 25.9 Å². The molecule has 0 rings (SSSR count). The minimum atomic E-state index is -0.868. The summed E-state index contributed by atoms with van der Waals surface area (Å²) in [6, 6.07) is 0. The van der Waals surface area contributed by atoms with Crippen molar-refractivity contribution in [3.05, 3.63) is 12.2 Å². The minimum absolute atomic E-state index is 0.00459. The van der Waals surface area contributed by atoms with Crippen LogP contribution in [0.3, 0.4) is 0 Å². The Morgan fingerprint density at radius 2 is 1.94 bits per heavy atom. The maximum atomic E-state index is 11.2. The van der Waals surface area contributed by atoms with Crippen molar-refractivity contribution in [2.75, 3.05) is 20.7 Å². The number of carbonyl (C=O) groups excluding carboxylic acids is 1. The quantitative estimate of drug-likeness (QED) is 0.539. The maximum absolute atomic E-state index is 11.2. The highest BCUT2D eigenvalue weighted by Crippen LogP contribution is 2.21. The normalized spacial score (nSPS) is 14.2. The van der Waals surface area contributed by atoms with Gasteiger partial charge in [0.1, 0.15) is 0 Å². The number of carbonyl (C=O) groups is 2. The molecule has 0 amide bonds. The first-order chi connectivity index (χ1) is 7.69. The van der Waals surface area contributed by atoms with Crippen molar-refractivity contribution < 1.29 is 19.4 Å². The Morgan fingerprint density at radius 3 is 2.29 bits per heavy atom. The molecule has 1 unspecified atom stereocenters. The second kappa shape index (κ2) is 6.39. The molecular formula is C12H21NO4. The predicted molar refractivity (Wildman–Crippen MR) is 64.7 cm³/mol. The Balaban J connectivity index is 4.33. The van der Waals surface area contributed by atoms with Crippen LogP contribution in [0.4, 0.5) is 0 Å². The van der Waals surface area contributed by atoms with Gasteiger partial charge < -0.3 is 14.7 Å². The Hall–Kier alpha value is -1.36. The van der Waals surface area contributed by atoms with Crippen LogP contribution in [-0.4, -0.2) is 48.2 Å². The highest BCUT2D eigenvalue weighted by Gasteiger charge is 2.30. The van der Waals surface area contributed by atoms with E-state index in [4.69, 9.17) is 9.84 Å². The number of rotatable bonds is 7. The van der Waals surface area contributed by atoms with Gasteiger partial charge in [-0.2, -0.15) is 0 Å². The van der Waals surface area contributed by atoms with Gasteiger partial charge in [0.15, 0.2) is 0 Å². The van der Waals surface area contributed by atoms with Gasteiger partial charge in [0.2, 0.25) is 0 Å². The summed E-state index contributed by atoms with van der Waals surface area (Å²) >= 11 is 0. The zero-order valence-corrected chi connectivity index (χ0v) is 10.9. The van der Waals surface area contributed by atoms with Crippen LogP contribution >= 0.6 is 0 Å². The summed E-state index contributed by atoms with van der Waals surface area (Å²) in [7, 11) is 3.62. The first-order valence-electron chi connectivity index (χ1n) is 5.41. The van der Waals surface area contributed by atoms with Crippen molar-refractivity contribution in [1.29, 1.82) is 0 Å². The van der Waals surface area contributed by atoms with Gasteiger partial charge in [-0.25, -0.2) is 4.79 Å². The molecule has 0 bridgehead atoms. The van der Waals surface area contributed by atoms with Crippen LogP contribution in [0.5, 0.6) is 0 Å². The molecular weight excluding hydrogens is 222 g/mol. The Kier molecular flexibility index (Phi) is 5.88. The van der Waals surface area contributed by atoms with E-state index in [9.17, 15) is 9.59 Å². The smallest absolute Gasteiger partial charge is 0.333 e. The molecule has 0 saturated carbocycles. The fourth-order valence-electron chi connectivity index (χ4n) is 1.28. The fraction of sp³-hybridized carbons (Fsp3) is 0.667. The Morgan fingerprint density at radius 1 is 1.41 bits per heavy atom. The summed E-state index contributed by atoms with van der Waals surface area (Å²) in [5.41, 5.74) is -0.184. The highest BCUT2D eigenvalue weighted by atomic mass is 16.5. The lowest BCUT2D eigenvalue weighted by Gasteiger charge is -2.35. The molecule has 0 aromatic rings. The molecule has 1 atom stereocenters. The molecule has 0 aliphatic carbocycles. The third kappa shape index (κ3) is 5.49. The third-order valence-electron chi connectivity index (χ3n) is 2.83. The maximum Gasteiger partial charge on any atom is 0.333 e. The highest BCUT2D eigenvalue weighted by molar-refractivity contribution is 5.86. The molecule has 0 saturated heterocycles. The van der Waals surface area contributed by atoms with Crippen molar-refractivity contribution in [2.24, 2.45) is 0 Å². The number of nitrogens with zero attached hydrogens (tertiary/aromatic N) is 1. The van der Waals surface area contributed by atoms with Crippen LogP contribution in [0.25, 0.3) is 0 Å². The van der Waals surface area contributed by atoms with Crippen molar-refractivity contribution >= 4 is 11.9 Å². The van der Waals surface area contributed by atoms with Gasteiger partial charge in [0.05, 0.1) is 13.0 Å². The molecule has 1 N–H and O–H groups in total. The first-order valence-corrected chi connectivity index (χ1v) is 5.41. The molecule has 0 fully saturated rings. The van der Waals surface area contributed by atoms with E-state index in [0.29, 0.717) is 12.0 Å². The van der Waals surface area contributed by atoms with E-state index in [1.54, 1.807) is 6.92 Å². The summed E-state index contributed by atoms with van der Waals surface area (Å²) in [5, 5.41) is 8.85. The van der Waals surface area contributed by atoms with Crippen LogP contribution < -0.4 is 0 Å². The average Bonchev–Trinajstić information content (AvgIpc) is 2.15. The zero-order valence-electron chi connectivity index (χ0n) is 10.9. The van der Waals surface area contributed by atoms with E-state index >= 15 is 0 Å². The number of hydrogen-bond acceptors (Lipinski definition) is 4. The molecule has 5 heteroatoms. The number of aliphatic carboxylic acids is 1. The molecule has 0 heterocycles. The topological polar surface area (TPSA) is 66.8 Å². The number of carboxylic acids is 1. The lowest BCUT2D eigenvalue weighted by atomic mass is 9.92. The number of carboxylic acid groups (broad SMARTS) is 1. The van der Waals surface area contributed by atoms with Crippen LogP contribution in [0.2, 0.25) is 0 Å². The largest absolute Gasteiger partial charge is 0.481 e. The molecule has 5 nitrogen and oxygen atoms in total. The summed E-state index contributed by atoms with van der Waals surface area (Å²) < 4.78 is 4.97. The SMILES string of the molecule is C=C(C)C(=O)OCCC(C)(CC(=O)O)N(C)C. The van der Waals surface area contributed by atoms with Gasteiger partial charge in [-0.05, 0) is 27.9 Å². The second-order valence-electron chi connectivity index (χ2n) is 4.63. The van der Waals surface area contributed by atoms with Crippen LogP contribution in [-0.2, 0) is 14.3 Å². The summed E-state index contributed by atoms with van der Waals surface area (Å²) in [6.07, 6.45) is 0.468. The summed E-state index contributed by atoms with van der Waals surface area (Å²) in [4.78, 5) is 23.8. The molecule has 0 spiro atoms. The standard InChI is InChI=1S/C12H21NO4/c1-9(2)11(16)17-7-6-12(3,13(4)5)8-10(14)15/h1,6-8H2,2-5H3,(H,14,15). The van der Waals surface area contributed by atoms with Gasteiger partial charge in [0, 0.05) is 17.5 Å². The molecule has 0 aromatic heterocycles. The Bertz CT molecular complexity index is 312. The number of hydrogen-bond donors (Lipinski definition) is 1. The van der Waals surface area contributed by atoms with E-state index < -0.39 is 17.5 Å². The average molecular weight is 243 g/mol. The molecule has 0 aliphatic heterocycles. The van der Waals surface area contributed by atoms with E-state index in [2.05, 4.69) is 6.58 Å². The lowest BCUT2D eigenvalue weighted by molar-refractivity contribution is -0.141. The molecule has 98 valence electrons. The van der Waals surface area contributed by atoms with E-state index in [-0.39, 0.29) is 13.0 Å². The monoisotopic (exact) mass is 243 g/mol. The van der Waals surface area contributed by atoms with Gasteiger partial charge in [-0.3, -0.25) is 4.79 Å². The summed E-state index contributed by atoms with van der Waals surface area (Å²) in [6.45, 7) is 7.07. The van der Waals surface area contributed by atoms with Crippen LogP contribution in [0.15, 0.2) is 12.2 Å². The second-order valence-corrected chi connectivity index (χ2v) is 4.63. The Labute approximate surface area is 102 Å². The zero-order chi connectivity index (χ0) is 13.6. The summed E-state index contributed by atoms with van der Waals surface area (Å²) in [5.74, 6) is -1.31. The van der Waals surface area contributed by atoms with E-state index in [0.717, 1.165) is 0 Å². The van der Waals surface area contributed by atoms with Crippen LogP contribution in [0, 0.1) is 0 Å². The van der Waals surface area contributed by atoms with E-state index in [1.165, 1.54) is 0 Å². The molecule has 17 heavy (non-hydrogen) atoms. The first kappa shape index (κ1) is 15.6. The van der Waals surface area contributed by atoms with Crippen LogP contribution in [0.1, 0.15) is 26.7 Å². The van der Waals surface area contributed by atoms with Gasteiger partial charge in [-0.15, -0.1) is 0 Å². The fourth-order valence-corrected chi connectivity index (χ4v) is 1.28. The molecule has 0 aromatic carbocycles. The third-order valence-corrected chi connectivity index (χ3v) is 2.83. The van der Waals surface area contributed by atoms with Crippen molar-refractivity contribution in [1.82, 2.24) is 4.90 Å². The van der Waals surface area contributed by atoms with Gasteiger partial charge in [0.25, 0.3) is 0 Å². The van der Waals surface area contributed by atoms with Crippen molar-refractivity contribution in [3.63, 3.8) is 0 Å². The number of esters is 1. The van der Waals surface area contributed by atoms with Crippen molar-refractivity contribution in [2.45, 2.75) is 32.2 Å². The number of ether oxygens (including phenoxy) is 1. The lowest BCUT2D eigenvalue weighted by Crippen LogP contribution is -2.44. The van der Waals surface area contributed by atoms with Crippen molar-refractivity contribution in [3.8, 4) is 0 Å². The minimum Gasteiger partial charge on any atom is -0.481 e. The van der Waals surface area contributed by atoms with Gasteiger partial charge in [-0.1, -0.05) is 6.58 Å². The van der Waals surface area contributed by atoms with Gasteiger partial charge >= 0.3 is 11.9 Å².